The minimum atomic E-state index is -0.493. The van der Waals surface area contributed by atoms with Crippen LogP contribution in [0.4, 0.5) is 8.78 Å². The van der Waals surface area contributed by atoms with E-state index < -0.39 is 11.6 Å². The second kappa shape index (κ2) is 3.91. The molecule has 1 aliphatic heterocycles. The molecule has 0 amide bonds. The van der Waals surface area contributed by atoms with E-state index in [1.54, 1.807) is 6.20 Å². The van der Waals surface area contributed by atoms with Crippen molar-refractivity contribution < 1.29 is 8.78 Å². The van der Waals surface area contributed by atoms with Gasteiger partial charge in [-0.3, -0.25) is 0 Å². The molecular formula is C12H9BrF2N2. The molecule has 2 aromatic rings. The Bertz CT molecular complexity index is 536. The number of rotatable bonds is 1. The zero-order chi connectivity index (χ0) is 12.0. The standard InChI is InChI=1S/C12H9BrF2N2/c13-8-4-9(14)12(10(15)5-8)7-3-11-16-1-2-17(11)6-7/h1-2,4-5,7H,3,6H2/t7-/m0/s1. The molecule has 0 saturated heterocycles. The van der Waals surface area contributed by atoms with Gasteiger partial charge >= 0.3 is 0 Å². The molecule has 5 heteroatoms. The van der Waals surface area contributed by atoms with Gasteiger partial charge in [-0.05, 0) is 12.1 Å². The van der Waals surface area contributed by atoms with Crippen LogP contribution in [-0.4, -0.2) is 9.55 Å². The number of hydrogen-bond acceptors (Lipinski definition) is 1. The van der Waals surface area contributed by atoms with E-state index in [0.717, 1.165) is 5.82 Å². The number of imidazole rings is 1. The Morgan fingerprint density at radius 1 is 1.29 bits per heavy atom. The third-order valence-corrected chi connectivity index (χ3v) is 3.56. The van der Waals surface area contributed by atoms with Crippen molar-refractivity contribution in [2.24, 2.45) is 0 Å². The molecule has 1 atom stereocenters. The number of aromatic nitrogens is 2. The molecule has 2 heterocycles. The lowest BCUT2D eigenvalue weighted by molar-refractivity contribution is 0.513. The van der Waals surface area contributed by atoms with Crippen molar-refractivity contribution in [2.45, 2.75) is 18.9 Å². The zero-order valence-electron chi connectivity index (χ0n) is 8.83. The molecule has 2 nitrogen and oxygen atoms in total. The van der Waals surface area contributed by atoms with Gasteiger partial charge in [0, 0.05) is 41.3 Å². The molecular weight excluding hydrogens is 290 g/mol. The van der Waals surface area contributed by atoms with Crippen molar-refractivity contribution in [1.82, 2.24) is 9.55 Å². The van der Waals surface area contributed by atoms with Crippen LogP contribution in [0.3, 0.4) is 0 Å². The van der Waals surface area contributed by atoms with Crippen molar-refractivity contribution in [3.05, 3.63) is 52.0 Å². The van der Waals surface area contributed by atoms with Crippen LogP contribution in [0.5, 0.6) is 0 Å². The highest BCUT2D eigenvalue weighted by atomic mass is 79.9. The summed E-state index contributed by atoms with van der Waals surface area (Å²) in [5.74, 6) is -0.260. The summed E-state index contributed by atoms with van der Waals surface area (Å²) in [6.45, 7) is 0.588. The zero-order valence-corrected chi connectivity index (χ0v) is 10.4. The first kappa shape index (κ1) is 10.9. The van der Waals surface area contributed by atoms with Crippen LogP contribution in [0.15, 0.2) is 29.0 Å². The van der Waals surface area contributed by atoms with Crippen LogP contribution in [0.1, 0.15) is 17.3 Å². The van der Waals surface area contributed by atoms with Crippen LogP contribution in [0.25, 0.3) is 0 Å². The second-order valence-corrected chi connectivity index (χ2v) is 5.10. The molecule has 0 bridgehead atoms. The van der Waals surface area contributed by atoms with Gasteiger partial charge in [-0.15, -0.1) is 0 Å². The molecule has 0 radical (unpaired) electrons. The Balaban J connectivity index is 1.99. The van der Waals surface area contributed by atoms with E-state index in [1.165, 1.54) is 12.1 Å². The molecule has 3 rings (SSSR count). The molecule has 88 valence electrons. The van der Waals surface area contributed by atoms with Crippen molar-refractivity contribution in [1.29, 1.82) is 0 Å². The fourth-order valence-corrected chi connectivity index (χ4v) is 2.76. The summed E-state index contributed by atoms with van der Waals surface area (Å²) in [6, 6.07) is 2.61. The normalized spacial score (nSPS) is 18.4. The summed E-state index contributed by atoms with van der Waals surface area (Å²) in [4.78, 5) is 4.16. The lowest BCUT2D eigenvalue weighted by atomic mass is 9.96. The maximum absolute atomic E-state index is 13.8. The molecule has 0 saturated carbocycles. The molecule has 0 unspecified atom stereocenters. The number of hydrogen-bond donors (Lipinski definition) is 0. The summed E-state index contributed by atoms with van der Waals surface area (Å²) in [5, 5.41) is 0. The average molecular weight is 299 g/mol. The van der Waals surface area contributed by atoms with Gasteiger partial charge < -0.3 is 4.57 Å². The second-order valence-electron chi connectivity index (χ2n) is 4.18. The fraction of sp³-hybridized carbons (Fsp3) is 0.250. The summed E-state index contributed by atoms with van der Waals surface area (Å²) in [7, 11) is 0. The average Bonchev–Trinajstić information content (AvgIpc) is 2.75. The van der Waals surface area contributed by atoms with Gasteiger partial charge in [-0.2, -0.15) is 0 Å². The van der Waals surface area contributed by atoms with Gasteiger partial charge in [-0.25, -0.2) is 13.8 Å². The molecule has 17 heavy (non-hydrogen) atoms. The smallest absolute Gasteiger partial charge is 0.130 e. The van der Waals surface area contributed by atoms with Crippen LogP contribution in [0.2, 0.25) is 0 Å². The van der Waals surface area contributed by atoms with Gasteiger partial charge in [0.05, 0.1) is 0 Å². The minimum absolute atomic E-state index is 0.160. The number of benzene rings is 1. The van der Waals surface area contributed by atoms with E-state index in [1.807, 2.05) is 10.8 Å². The van der Waals surface area contributed by atoms with Crippen LogP contribution < -0.4 is 0 Å². The highest BCUT2D eigenvalue weighted by molar-refractivity contribution is 9.10. The fourth-order valence-electron chi connectivity index (χ4n) is 2.36. The van der Waals surface area contributed by atoms with Crippen molar-refractivity contribution in [3.63, 3.8) is 0 Å². The first-order valence-corrected chi connectivity index (χ1v) is 6.09. The number of nitrogens with zero attached hydrogens (tertiary/aromatic N) is 2. The molecule has 0 fully saturated rings. The Hall–Kier alpha value is -1.23. The topological polar surface area (TPSA) is 17.8 Å². The van der Waals surface area contributed by atoms with Gasteiger partial charge in [0.1, 0.15) is 17.5 Å². The molecule has 0 N–H and O–H groups in total. The third kappa shape index (κ3) is 1.78. The summed E-state index contributed by atoms with van der Waals surface area (Å²) in [5.41, 5.74) is 0.165. The van der Waals surface area contributed by atoms with Gasteiger partial charge in [0.15, 0.2) is 0 Å². The van der Waals surface area contributed by atoms with Gasteiger partial charge in [-0.1, -0.05) is 15.9 Å². The Morgan fingerprint density at radius 3 is 2.65 bits per heavy atom. The van der Waals surface area contributed by atoms with E-state index in [-0.39, 0.29) is 11.5 Å². The van der Waals surface area contributed by atoms with E-state index >= 15 is 0 Å². The van der Waals surface area contributed by atoms with Crippen LogP contribution >= 0.6 is 15.9 Å². The first-order chi connectivity index (χ1) is 8.15. The number of fused-ring (bicyclic) bond motifs is 1. The van der Waals surface area contributed by atoms with Crippen LogP contribution in [-0.2, 0) is 13.0 Å². The highest BCUT2D eigenvalue weighted by Crippen LogP contribution is 2.33. The predicted octanol–water partition coefficient (Wildman–Crippen LogP) is 3.26. The highest BCUT2D eigenvalue weighted by Gasteiger charge is 2.28. The van der Waals surface area contributed by atoms with E-state index in [0.29, 0.717) is 17.4 Å². The molecule has 0 spiro atoms. The summed E-state index contributed by atoms with van der Waals surface area (Å²) >= 11 is 3.08. The molecule has 1 aromatic heterocycles. The Kier molecular flexibility index (Phi) is 2.50. The quantitative estimate of drug-likeness (QED) is 0.790. The molecule has 0 aliphatic carbocycles. The van der Waals surface area contributed by atoms with E-state index in [9.17, 15) is 8.78 Å². The monoisotopic (exact) mass is 298 g/mol. The maximum atomic E-state index is 13.8. The van der Waals surface area contributed by atoms with Crippen LogP contribution in [0, 0.1) is 11.6 Å². The molecule has 1 aromatic carbocycles. The van der Waals surface area contributed by atoms with Gasteiger partial charge in [0.2, 0.25) is 0 Å². The summed E-state index contributed by atoms with van der Waals surface area (Å²) < 4.78 is 29.9. The third-order valence-electron chi connectivity index (χ3n) is 3.10. The molecule has 1 aliphatic rings. The Labute approximate surface area is 105 Å². The maximum Gasteiger partial charge on any atom is 0.130 e. The number of halogens is 3. The van der Waals surface area contributed by atoms with Crippen molar-refractivity contribution in [2.75, 3.05) is 0 Å². The van der Waals surface area contributed by atoms with E-state index in [4.69, 9.17) is 0 Å². The lowest BCUT2D eigenvalue weighted by Gasteiger charge is -2.12. The largest absolute Gasteiger partial charge is 0.334 e. The summed E-state index contributed by atoms with van der Waals surface area (Å²) in [6.07, 6.45) is 4.13. The SMILES string of the molecule is Fc1cc(Br)cc(F)c1[C@H]1Cc2nccn2C1. The van der Waals surface area contributed by atoms with Crippen molar-refractivity contribution >= 4 is 15.9 Å². The Morgan fingerprint density at radius 2 is 2.00 bits per heavy atom. The van der Waals surface area contributed by atoms with Gasteiger partial charge in [0.25, 0.3) is 0 Å². The lowest BCUT2D eigenvalue weighted by Crippen LogP contribution is -2.06. The first-order valence-electron chi connectivity index (χ1n) is 5.29. The predicted molar refractivity (Wildman–Crippen MR) is 62.7 cm³/mol. The minimum Gasteiger partial charge on any atom is -0.334 e. The van der Waals surface area contributed by atoms with E-state index in [2.05, 4.69) is 20.9 Å². The van der Waals surface area contributed by atoms with Crippen molar-refractivity contribution in [3.8, 4) is 0 Å².